The van der Waals surface area contributed by atoms with Crippen LogP contribution < -0.4 is 0 Å². The summed E-state index contributed by atoms with van der Waals surface area (Å²) in [7, 11) is 0. The highest BCUT2D eigenvalue weighted by molar-refractivity contribution is 7.80. The van der Waals surface area contributed by atoms with Crippen LogP contribution in [0.5, 0.6) is 0 Å². The van der Waals surface area contributed by atoms with Crippen molar-refractivity contribution in [1.29, 1.82) is 0 Å². The van der Waals surface area contributed by atoms with Crippen molar-refractivity contribution >= 4 is 18.2 Å². The van der Waals surface area contributed by atoms with Gasteiger partial charge in [0, 0.05) is 5.75 Å². The molecule has 72 valence electrons. The van der Waals surface area contributed by atoms with Crippen LogP contribution in [0.1, 0.15) is 5.56 Å². The Labute approximate surface area is 91.1 Å². The van der Waals surface area contributed by atoms with Crippen LogP contribution >= 0.6 is 12.6 Å². The molecule has 0 spiro atoms. The molecule has 1 aromatic rings. The Kier molecular flexibility index (Phi) is 4.87. The molecule has 0 saturated carbocycles. The first-order valence-corrected chi connectivity index (χ1v) is 5.17. The Balaban J connectivity index is 2.95. The highest BCUT2D eigenvalue weighted by atomic mass is 32.1. The largest absolute Gasteiger partial charge is 0.175 e. The summed E-state index contributed by atoms with van der Waals surface area (Å²) >= 11 is 4.14. The van der Waals surface area contributed by atoms with E-state index in [0.29, 0.717) is 0 Å². The molecular weight excluding hydrogens is 188 g/mol. The standard InChI is InChI=1S/C13H14S/c1-2-7-12(10-6-11-14)13-8-4-3-5-9-13/h2-10,14H,1,11H2/b10-6-,12-7+. The van der Waals surface area contributed by atoms with Gasteiger partial charge in [0.25, 0.3) is 0 Å². The lowest BCUT2D eigenvalue weighted by atomic mass is 10.1. The fourth-order valence-electron chi connectivity index (χ4n) is 1.19. The molecule has 0 unspecified atom stereocenters. The summed E-state index contributed by atoms with van der Waals surface area (Å²) in [6.45, 7) is 3.70. The summed E-state index contributed by atoms with van der Waals surface area (Å²) < 4.78 is 0. The summed E-state index contributed by atoms with van der Waals surface area (Å²) in [4.78, 5) is 0. The molecule has 0 bridgehead atoms. The molecule has 1 rings (SSSR count). The lowest BCUT2D eigenvalue weighted by molar-refractivity contribution is 1.61. The Morgan fingerprint density at radius 1 is 1.29 bits per heavy atom. The normalized spacial score (nSPS) is 11.9. The molecule has 1 heteroatoms. The second-order valence-corrected chi connectivity index (χ2v) is 3.17. The third-order valence-corrected chi connectivity index (χ3v) is 2.02. The van der Waals surface area contributed by atoms with Crippen LogP contribution in [-0.4, -0.2) is 5.75 Å². The van der Waals surface area contributed by atoms with E-state index >= 15 is 0 Å². The molecule has 0 aliphatic carbocycles. The predicted molar refractivity (Wildman–Crippen MR) is 67.6 cm³/mol. The Hall–Kier alpha value is -1.21. The van der Waals surface area contributed by atoms with Crippen molar-refractivity contribution in [2.24, 2.45) is 0 Å². The van der Waals surface area contributed by atoms with E-state index < -0.39 is 0 Å². The molecule has 0 amide bonds. The van der Waals surface area contributed by atoms with Crippen molar-refractivity contribution < 1.29 is 0 Å². The number of benzene rings is 1. The zero-order chi connectivity index (χ0) is 10.2. The van der Waals surface area contributed by atoms with E-state index in [4.69, 9.17) is 0 Å². The molecule has 0 N–H and O–H groups in total. The van der Waals surface area contributed by atoms with Gasteiger partial charge in [-0.3, -0.25) is 0 Å². The summed E-state index contributed by atoms with van der Waals surface area (Å²) in [6, 6.07) is 10.2. The van der Waals surface area contributed by atoms with Gasteiger partial charge in [-0.2, -0.15) is 12.6 Å². The highest BCUT2D eigenvalue weighted by Gasteiger charge is 1.93. The van der Waals surface area contributed by atoms with Gasteiger partial charge < -0.3 is 0 Å². The van der Waals surface area contributed by atoms with E-state index in [1.54, 1.807) is 6.08 Å². The fraction of sp³-hybridized carbons (Fsp3) is 0.0769. The van der Waals surface area contributed by atoms with Crippen molar-refractivity contribution in [3.05, 3.63) is 66.8 Å². The zero-order valence-corrected chi connectivity index (χ0v) is 8.95. The third-order valence-electron chi connectivity index (χ3n) is 1.81. The van der Waals surface area contributed by atoms with Crippen molar-refractivity contribution in [1.82, 2.24) is 0 Å². The number of rotatable bonds is 4. The minimum absolute atomic E-state index is 0.751. The second-order valence-electron chi connectivity index (χ2n) is 2.81. The molecule has 0 saturated heterocycles. The van der Waals surface area contributed by atoms with Gasteiger partial charge in [0.05, 0.1) is 0 Å². The van der Waals surface area contributed by atoms with Crippen LogP contribution in [0.3, 0.4) is 0 Å². The highest BCUT2D eigenvalue weighted by Crippen LogP contribution is 2.15. The van der Waals surface area contributed by atoms with E-state index in [0.717, 1.165) is 11.3 Å². The molecule has 14 heavy (non-hydrogen) atoms. The quantitative estimate of drug-likeness (QED) is 0.558. The van der Waals surface area contributed by atoms with Crippen LogP contribution in [0, 0.1) is 0 Å². The SMILES string of the molecule is C=C/C=C(\C=C/CS)c1ccccc1. The molecule has 0 nitrogen and oxygen atoms in total. The first-order valence-electron chi connectivity index (χ1n) is 4.54. The number of allylic oxidation sites excluding steroid dienone is 4. The molecule has 0 aliphatic heterocycles. The van der Waals surface area contributed by atoms with Crippen molar-refractivity contribution in [3.8, 4) is 0 Å². The van der Waals surface area contributed by atoms with Gasteiger partial charge in [-0.25, -0.2) is 0 Å². The van der Waals surface area contributed by atoms with E-state index in [2.05, 4.69) is 37.4 Å². The topological polar surface area (TPSA) is 0 Å². The van der Waals surface area contributed by atoms with Crippen LogP contribution in [0.25, 0.3) is 5.57 Å². The third kappa shape index (κ3) is 3.27. The molecule has 1 aromatic carbocycles. The summed E-state index contributed by atoms with van der Waals surface area (Å²) in [5.74, 6) is 0.751. The van der Waals surface area contributed by atoms with E-state index in [-0.39, 0.29) is 0 Å². The average molecular weight is 202 g/mol. The summed E-state index contributed by atoms with van der Waals surface area (Å²) in [6.07, 6.45) is 7.87. The molecule has 0 aromatic heterocycles. The number of hydrogen-bond acceptors (Lipinski definition) is 1. The molecular formula is C13H14S. The van der Waals surface area contributed by atoms with E-state index in [9.17, 15) is 0 Å². The lowest BCUT2D eigenvalue weighted by Gasteiger charge is -2.00. The Morgan fingerprint density at radius 3 is 2.57 bits per heavy atom. The first kappa shape index (κ1) is 10.9. The van der Waals surface area contributed by atoms with E-state index in [1.807, 2.05) is 30.4 Å². The predicted octanol–water partition coefficient (Wildman–Crippen LogP) is 3.74. The molecule has 0 heterocycles. The van der Waals surface area contributed by atoms with Crippen molar-refractivity contribution in [3.63, 3.8) is 0 Å². The maximum Gasteiger partial charge on any atom is 0.00858 e. The van der Waals surface area contributed by atoms with Gasteiger partial charge in [0.1, 0.15) is 0 Å². The van der Waals surface area contributed by atoms with Gasteiger partial charge in [0.2, 0.25) is 0 Å². The molecule has 0 atom stereocenters. The first-order chi connectivity index (χ1) is 6.88. The van der Waals surface area contributed by atoms with Crippen molar-refractivity contribution in [2.45, 2.75) is 0 Å². The Morgan fingerprint density at radius 2 is 2.00 bits per heavy atom. The maximum absolute atomic E-state index is 4.14. The van der Waals surface area contributed by atoms with Crippen LogP contribution in [0.15, 0.2) is 61.2 Å². The minimum atomic E-state index is 0.751. The van der Waals surface area contributed by atoms with Gasteiger partial charge in [0.15, 0.2) is 0 Å². The monoisotopic (exact) mass is 202 g/mol. The van der Waals surface area contributed by atoms with Crippen LogP contribution in [0.2, 0.25) is 0 Å². The average Bonchev–Trinajstić information content (AvgIpc) is 2.25. The zero-order valence-electron chi connectivity index (χ0n) is 8.06. The number of thiol groups is 1. The van der Waals surface area contributed by atoms with Gasteiger partial charge in [-0.15, -0.1) is 0 Å². The number of hydrogen-bond donors (Lipinski definition) is 1. The molecule has 0 aliphatic rings. The molecule has 0 fully saturated rings. The smallest absolute Gasteiger partial charge is 0.00858 e. The minimum Gasteiger partial charge on any atom is -0.175 e. The summed E-state index contributed by atoms with van der Waals surface area (Å²) in [5.41, 5.74) is 2.36. The van der Waals surface area contributed by atoms with Gasteiger partial charge >= 0.3 is 0 Å². The van der Waals surface area contributed by atoms with Crippen molar-refractivity contribution in [2.75, 3.05) is 5.75 Å². The van der Waals surface area contributed by atoms with Crippen LogP contribution in [0.4, 0.5) is 0 Å². The fourth-order valence-corrected chi connectivity index (χ4v) is 1.29. The maximum atomic E-state index is 4.14. The van der Waals surface area contributed by atoms with Gasteiger partial charge in [-0.05, 0) is 11.1 Å². The van der Waals surface area contributed by atoms with Crippen LogP contribution in [-0.2, 0) is 0 Å². The molecule has 0 radical (unpaired) electrons. The lowest BCUT2D eigenvalue weighted by Crippen LogP contribution is -1.79. The van der Waals surface area contributed by atoms with E-state index in [1.165, 1.54) is 5.56 Å². The summed E-state index contributed by atoms with van der Waals surface area (Å²) in [5, 5.41) is 0. The van der Waals surface area contributed by atoms with Gasteiger partial charge in [-0.1, -0.05) is 61.2 Å². The Bertz CT molecular complexity index is 334. The second kappa shape index (κ2) is 6.28.